The molecule has 0 aromatic carbocycles. The van der Waals surface area contributed by atoms with Crippen LogP contribution >= 0.6 is 0 Å². The van der Waals surface area contributed by atoms with Gasteiger partial charge in [0.25, 0.3) is 0 Å². The SMILES string of the molecule is CC(C)(C)c1noc(CN2CC(C(=O)O)CC2=O)n1. The van der Waals surface area contributed by atoms with E-state index in [1.54, 1.807) is 0 Å². The van der Waals surface area contributed by atoms with Crippen LogP contribution < -0.4 is 0 Å². The Labute approximate surface area is 110 Å². The van der Waals surface area contributed by atoms with Crippen molar-refractivity contribution in [3.63, 3.8) is 0 Å². The minimum Gasteiger partial charge on any atom is -0.481 e. The molecule has 1 aromatic rings. The molecule has 1 aromatic heterocycles. The van der Waals surface area contributed by atoms with Gasteiger partial charge in [0, 0.05) is 18.4 Å². The Balaban J connectivity index is 2.04. The van der Waals surface area contributed by atoms with Gasteiger partial charge < -0.3 is 14.5 Å². The summed E-state index contributed by atoms with van der Waals surface area (Å²) in [6, 6.07) is 0. The largest absolute Gasteiger partial charge is 0.481 e. The number of carboxylic acids is 1. The Hall–Kier alpha value is -1.92. The van der Waals surface area contributed by atoms with E-state index in [-0.39, 0.29) is 30.8 Å². The molecule has 1 aliphatic heterocycles. The molecule has 1 N–H and O–H groups in total. The van der Waals surface area contributed by atoms with E-state index in [9.17, 15) is 9.59 Å². The van der Waals surface area contributed by atoms with Gasteiger partial charge in [0.2, 0.25) is 11.8 Å². The maximum atomic E-state index is 11.7. The van der Waals surface area contributed by atoms with Gasteiger partial charge in [0.15, 0.2) is 5.82 Å². The summed E-state index contributed by atoms with van der Waals surface area (Å²) in [5, 5.41) is 12.8. The van der Waals surface area contributed by atoms with Crippen LogP contribution in [0.25, 0.3) is 0 Å². The van der Waals surface area contributed by atoms with Gasteiger partial charge in [-0.25, -0.2) is 0 Å². The molecule has 1 unspecified atom stereocenters. The number of amides is 1. The summed E-state index contributed by atoms with van der Waals surface area (Å²) in [6.45, 7) is 6.25. The number of carbonyl (C=O) groups excluding carboxylic acids is 1. The second kappa shape index (κ2) is 4.64. The fourth-order valence-corrected chi connectivity index (χ4v) is 1.88. The van der Waals surface area contributed by atoms with Crippen LogP contribution in [0.15, 0.2) is 4.52 Å². The fraction of sp³-hybridized carbons (Fsp3) is 0.667. The van der Waals surface area contributed by atoms with E-state index in [4.69, 9.17) is 9.63 Å². The molecule has 0 spiro atoms. The van der Waals surface area contributed by atoms with E-state index in [0.717, 1.165) is 0 Å². The first kappa shape index (κ1) is 13.5. The highest BCUT2D eigenvalue weighted by Crippen LogP contribution is 2.22. The zero-order valence-electron chi connectivity index (χ0n) is 11.2. The fourth-order valence-electron chi connectivity index (χ4n) is 1.88. The smallest absolute Gasteiger partial charge is 0.308 e. The summed E-state index contributed by atoms with van der Waals surface area (Å²) in [7, 11) is 0. The molecule has 7 heteroatoms. The van der Waals surface area contributed by atoms with Crippen molar-refractivity contribution >= 4 is 11.9 Å². The van der Waals surface area contributed by atoms with Crippen LogP contribution in [0.1, 0.15) is 38.9 Å². The summed E-state index contributed by atoms with van der Waals surface area (Å²) in [4.78, 5) is 28.2. The third-order valence-corrected chi connectivity index (χ3v) is 3.03. The van der Waals surface area contributed by atoms with E-state index in [1.165, 1.54) is 4.90 Å². The molecule has 0 saturated carbocycles. The monoisotopic (exact) mass is 267 g/mol. The first-order valence-electron chi connectivity index (χ1n) is 6.11. The highest BCUT2D eigenvalue weighted by molar-refractivity contribution is 5.85. The molecular formula is C12H17N3O4. The summed E-state index contributed by atoms with van der Waals surface area (Å²) in [6.07, 6.45) is 0.0373. The Morgan fingerprint density at radius 1 is 1.53 bits per heavy atom. The highest BCUT2D eigenvalue weighted by Gasteiger charge is 2.35. The van der Waals surface area contributed by atoms with Crippen molar-refractivity contribution in [2.45, 2.75) is 39.2 Å². The van der Waals surface area contributed by atoms with Crippen molar-refractivity contribution in [3.05, 3.63) is 11.7 Å². The summed E-state index contributed by atoms with van der Waals surface area (Å²) < 4.78 is 5.09. The minimum atomic E-state index is -0.947. The lowest BCUT2D eigenvalue weighted by Crippen LogP contribution is -2.26. The Kier molecular flexibility index (Phi) is 3.30. The van der Waals surface area contributed by atoms with E-state index < -0.39 is 11.9 Å². The Bertz CT molecular complexity index is 503. The normalized spacial score (nSPS) is 20.1. The second-order valence-corrected chi connectivity index (χ2v) is 5.78. The predicted molar refractivity (Wildman–Crippen MR) is 64.2 cm³/mol. The molecule has 2 heterocycles. The molecule has 1 atom stereocenters. The molecule has 0 aliphatic carbocycles. The number of rotatable bonds is 3. The topological polar surface area (TPSA) is 96.5 Å². The van der Waals surface area contributed by atoms with Crippen LogP contribution in [-0.4, -0.2) is 38.6 Å². The van der Waals surface area contributed by atoms with Gasteiger partial charge in [-0.15, -0.1) is 0 Å². The number of hydrogen-bond acceptors (Lipinski definition) is 5. The second-order valence-electron chi connectivity index (χ2n) is 5.78. The lowest BCUT2D eigenvalue weighted by molar-refractivity contribution is -0.141. The summed E-state index contributed by atoms with van der Waals surface area (Å²) >= 11 is 0. The summed E-state index contributed by atoms with van der Waals surface area (Å²) in [5.74, 6) is -0.870. The van der Waals surface area contributed by atoms with E-state index in [1.807, 2.05) is 20.8 Å². The molecule has 7 nitrogen and oxygen atoms in total. The quantitative estimate of drug-likeness (QED) is 0.870. The number of hydrogen-bond donors (Lipinski definition) is 1. The summed E-state index contributed by atoms with van der Waals surface area (Å²) in [5.41, 5.74) is -0.222. The number of aliphatic carboxylic acids is 1. The first-order chi connectivity index (χ1) is 8.77. The van der Waals surface area contributed by atoms with Crippen molar-refractivity contribution in [2.24, 2.45) is 5.92 Å². The predicted octanol–water partition coefficient (Wildman–Crippen LogP) is 0.800. The molecule has 1 amide bonds. The lowest BCUT2D eigenvalue weighted by Gasteiger charge is -2.13. The van der Waals surface area contributed by atoms with Crippen molar-refractivity contribution < 1.29 is 19.2 Å². The highest BCUT2D eigenvalue weighted by atomic mass is 16.5. The first-order valence-corrected chi connectivity index (χ1v) is 6.11. The lowest BCUT2D eigenvalue weighted by atomic mass is 9.96. The number of nitrogens with zero attached hydrogens (tertiary/aromatic N) is 3. The maximum Gasteiger partial charge on any atom is 0.308 e. The van der Waals surface area contributed by atoms with Crippen molar-refractivity contribution in [3.8, 4) is 0 Å². The molecular weight excluding hydrogens is 250 g/mol. The Morgan fingerprint density at radius 3 is 2.68 bits per heavy atom. The molecule has 1 saturated heterocycles. The number of likely N-dealkylation sites (tertiary alicyclic amines) is 1. The zero-order chi connectivity index (χ0) is 14.2. The van der Waals surface area contributed by atoms with Crippen molar-refractivity contribution in [1.29, 1.82) is 0 Å². The van der Waals surface area contributed by atoms with Crippen molar-refractivity contribution in [2.75, 3.05) is 6.54 Å². The number of carbonyl (C=O) groups is 2. The van der Waals surface area contributed by atoms with Crippen LogP contribution in [-0.2, 0) is 21.5 Å². The Morgan fingerprint density at radius 2 is 2.21 bits per heavy atom. The molecule has 0 radical (unpaired) electrons. The molecule has 2 rings (SSSR count). The van der Waals surface area contributed by atoms with Gasteiger partial charge in [-0.3, -0.25) is 9.59 Å². The van der Waals surface area contributed by atoms with Gasteiger partial charge in [-0.1, -0.05) is 25.9 Å². The average molecular weight is 267 g/mol. The van der Waals surface area contributed by atoms with Crippen molar-refractivity contribution in [1.82, 2.24) is 15.0 Å². The van der Waals surface area contributed by atoms with E-state index >= 15 is 0 Å². The van der Waals surface area contributed by atoms with Gasteiger partial charge in [0.1, 0.15) is 6.54 Å². The van der Waals surface area contributed by atoms with Gasteiger partial charge in [-0.2, -0.15) is 4.98 Å². The van der Waals surface area contributed by atoms with Gasteiger partial charge >= 0.3 is 5.97 Å². The zero-order valence-corrected chi connectivity index (χ0v) is 11.2. The minimum absolute atomic E-state index is 0.0373. The van der Waals surface area contributed by atoms with Crippen LogP contribution in [0.2, 0.25) is 0 Å². The number of carboxylic acid groups (broad SMARTS) is 1. The van der Waals surface area contributed by atoms with Crippen LogP contribution in [0.4, 0.5) is 0 Å². The molecule has 0 bridgehead atoms. The molecule has 1 aliphatic rings. The van der Waals surface area contributed by atoms with Gasteiger partial charge in [-0.05, 0) is 0 Å². The van der Waals surface area contributed by atoms with Crippen LogP contribution in [0, 0.1) is 5.92 Å². The van der Waals surface area contributed by atoms with E-state index in [0.29, 0.717) is 11.7 Å². The third kappa shape index (κ3) is 2.91. The standard InChI is InChI=1S/C12H17N3O4/c1-12(2,3)11-13-8(19-14-11)6-15-5-7(10(17)18)4-9(15)16/h7H,4-6H2,1-3H3,(H,17,18). The van der Waals surface area contributed by atoms with Crippen LogP contribution in [0.3, 0.4) is 0 Å². The van der Waals surface area contributed by atoms with E-state index in [2.05, 4.69) is 10.1 Å². The van der Waals surface area contributed by atoms with Gasteiger partial charge in [0.05, 0.1) is 5.92 Å². The molecule has 19 heavy (non-hydrogen) atoms. The third-order valence-electron chi connectivity index (χ3n) is 3.03. The average Bonchev–Trinajstić information content (AvgIpc) is 2.86. The number of aromatic nitrogens is 2. The molecule has 104 valence electrons. The molecule has 1 fully saturated rings. The van der Waals surface area contributed by atoms with Crippen LogP contribution in [0.5, 0.6) is 0 Å². The maximum absolute atomic E-state index is 11.7.